The van der Waals surface area contributed by atoms with Crippen LogP contribution < -0.4 is 20.5 Å². The van der Waals surface area contributed by atoms with Crippen LogP contribution in [0, 0.1) is 0 Å². The first-order valence-electron chi connectivity index (χ1n) is 6.40. The normalized spacial score (nSPS) is 18.4. The molecule has 5 heteroatoms. The molecule has 5 nitrogen and oxygen atoms in total. The molecule has 0 saturated heterocycles. The second kappa shape index (κ2) is 6.24. The summed E-state index contributed by atoms with van der Waals surface area (Å²) < 4.78 is 5.10. The van der Waals surface area contributed by atoms with Crippen molar-refractivity contribution in [2.24, 2.45) is 0 Å². The van der Waals surface area contributed by atoms with E-state index in [-0.39, 0.29) is 5.91 Å². The van der Waals surface area contributed by atoms with E-state index in [0.717, 1.165) is 25.2 Å². The van der Waals surface area contributed by atoms with E-state index in [1.807, 2.05) is 6.07 Å². The first-order valence-corrected chi connectivity index (χ1v) is 6.40. The van der Waals surface area contributed by atoms with Crippen molar-refractivity contribution in [2.75, 3.05) is 27.2 Å². The highest BCUT2D eigenvalue weighted by Gasteiger charge is 2.11. The molecule has 1 aromatic carbocycles. The van der Waals surface area contributed by atoms with Crippen LogP contribution in [0.4, 0.5) is 0 Å². The van der Waals surface area contributed by atoms with Gasteiger partial charge in [0, 0.05) is 17.7 Å². The SMILES string of the molecule is COc1cccc(C(=O)NNC2=CC[NH+](C)CC2)c1. The second-order valence-electron chi connectivity index (χ2n) is 4.70. The predicted octanol–water partition coefficient (Wildman–Crippen LogP) is -0.268. The summed E-state index contributed by atoms with van der Waals surface area (Å²) in [7, 11) is 3.74. The van der Waals surface area contributed by atoms with E-state index < -0.39 is 0 Å². The molecule has 1 aliphatic heterocycles. The highest BCUT2D eigenvalue weighted by atomic mass is 16.5. The van der Waals surface area contributed by atoms with Crippen LogP contribution in [0.25, 0.3) is 0 Å². The molecule has 19 heavy (non-hydrogen) atoms. The number of benzene rings is 1. The number of methoxy groups -OCH3 is 1. The van der Waals surface area contributed by atoms with Gasteiger partial charge >= 0.3 is 0 Å². The van der Waals surface area contributed by atoms with Gasteiger partial charge in [0.05, 0.1) is 27.2 Å². The Labute approximate surface area is 113 Å². The number of nitrogens with one attached hydrogen (secondary N) is 3. The molecular formula is C14H20N3O2+. The molecular weight excluding hydrogens is 242 g/mol. The Kier molecular flexibility index (Phi) is 4.41. The summed E-state index contributed by atoms with van der Waals surface area (Å²) in [5, 5.41) is 0. The third kappa shape index (κ3) is 3.72. The Morgan fingerprint density at radius 1 is 1.42 bits per heavy atom. The van der Waals surface area contributed by atoms with Crippen molar-refractivity contribution < 1.29 is 14.4 Å². The Morgan fingerprint density at radius 2 is 2.26 bits per heavy atom. The van der Waals surface area contributed by atoms with Crippen molar-refractivity contribution in [1.82, 2.24) is 10.9 Å². The van der Waals surface area contributed by atoms with Gasteiger partial charge in [0.25, 0.3) is 5.91 Å². The van der Waals surface area contributed by atoms with Crippen LogP contribution in [0.3, 0.4) is 0 Å². The fourth-order valence-corrected chi connectivity index (χ4v) is 1.94. The topological polar surface area (TPSA) is 54.8 Å². The zero-order valence-corrected chi connectivity index (χ0v) is 11.3. The lowest BCUT2D eigenvalue weighted by Gasteiger charge is -2.20. The van der Waals surface area contributed by atoms with Gasteiger partial charge in [-0.1, -0.05) is 6.07 Å². The van der Waals surface area contributed by atoms with Crippen LogP contribution in [-0.4, -0.2) is 33.2 Å². The molecule has 1 amide bonds. The Morgan fingerprint density at radius 3 is 2.95 bits per heavy atom. The number of carbonyl (C=O) groups excluding carboxylic acids is 1. The summed E-state index contributed by atoms with van der Waals surface area (Å²) in [4.78, 5) is 13.4. The summed E-state index contributed by atoms with van der Waals surface area (Å²) in [6, 6.07) is 7.08. The number of hydrazine groups is 1. The van der Waals surface area contributed by atoms with Crippen molar-refractivity contribution in [2.45, 2.75) is 6.42 Å². The van der Waals surface area contributed by atoms with E-state index in [0.29, 0.717) is 11.3 Å². The molecule has 1 atom stereocenters. The van der Waals surface area contributed by atoms with Gasteiger partial charge in [0.1, 0.15) is 5.75 Å². The highest BCUT2D eigenvalue weighted by Crippen LogP contribution is 2.12. The summed E-state index contributed by atoms with van der Waals surface area (Å²) in [6.07, 6.45) is 3.06. The minimum atomic E-state index is -0.161. The lowest BCUT2D eigenvalue weighted by molar-refractivity contribution is -0.875. The standard InChI is InChI=1S/C14H19N3O2/c1-17-8-6-12(7-9-17)15-16-14(18)11-4-3-5-13(10-11)19-2/h3-6,10,15H,7-9H2,1-2H3,(H,16,18)/p+1. The molecule has 0 aliphatic carbocycles. The second-order valence-corrected chi connectivity index (χ2v) is 4.70. The maximum atomic E-state index is 12.0. The maximum absolute atomic E-state index is 12.0. The van der Waals surface area contributed by atoms with E-state index in [1.165, 1.54) is 4.90 Å². The van der Waals surface area contributed by atoms with Crippen molar-refractivity contribution in [3.8, 4) is 5.75 Å². The molecule has 0 fully saturated rings. The quantitative estimate of drug-likeness (QED) is 0.655. The summed E-state index contributed by atoms with van der Waals surface area (Å²) in [5.74, 6) is 0.515. The molecule has 2 rings (SSSR count). The van der Waals surface area contributed by atoms with E-state index in [9.17, 15) is 4.79 Å². The number of hydrogen-bond acceptors (Lipinski definition) is 3. The molecule has 1 aliphatic rings. The molecule has 1 heterocycles. The fraction of sp³-hybridized carbons (Fsp3) is 0.357. The third-order valence-electron chi connectivity index (χ3n) is 3.19. The van der Waals surface area contributed by atoms with Crippen LogP contribution in [0.5, 0.6) is 5.75 Å². The number of likely N-dealkylation sites (N-methyl/N-ethyl adjacent to an activating group) is 1. The van der Waals surface area contributed by atoms with Gasteiger partial charge in [-0.3, -0.25) is 10.2 Å². The summed E-state index contributed by atoms with van der Waals surface area (Å²) in [6.45, 7) is 2.06. The van der Waals surface area contributed by atoms with Crippen LogP contribution in [0.15, 0.2) is 36.0 Å². The van der Waals surface area contributed by atoms with Gasteiger partial charge in [0.15, 0.2) is 0 Å². The number of quaternary nitrogens is 1. The Bertz CT molecular complexity index is 485. The molecule has 3 N–H and O–H groups in total. The molecule has 0 spiro atoms. The lowest BCUT2D eigenvalue weighted by atomic mass is 10.2. The summed E-state index contributed by atoms with van der Waals surface area (Å²) >= 11 is 0. The van der Waals surface area contributed by atoms with E-state index in [1.54, 1.807) is 25.3 Å². The highest BCUT2D eigenvalue weighted by molar-refractivity contribution is 5.94. The van der Waals surface area contributed by atoms with Crippen LogP contribution in [0.1, 0.15) is 16.8 Å². The monoisotopic (exact) mass is 262 g/mol. The first kappa shape index (κ1) is 13.4. The molecule has 1 unspecified atom stereocenters. The molecule has 0 aromatic heterocycles. The minimum Gasteiger partial charge on any atom is -0.497 e. The maximum Gasteiger partial charge on any atom is 0.269 e. The number of ether oxygens (including phenoxy) is 1. The average molecular weight is 262 g/mol. The molecule has 0 bridgehead atoms. The fourth-order valence-electron chi connectivity index (χ4n) is 1.94. The van der Waals surface area contributed by atoms with Crippen molar-refractivity contribution in [3.63, 3.8) is 0 Å². The van der Waals surface area contributed by atoms with Crippen molar-refractivity contribution >= 4 is 5.91 Å². The van der Waals surface area contributed by atoms with Gasteiger partial charge in [-0.05, 0) is 24.3 Å². The number of amides is 1. The predicted molar refractivity (Wildman–Crippen MR) is 72.9 cm³/mol. The molecule has 0 saturated carbocycles. The van der Waals surface area contributed by atoms with Gasteiger partial charge in [0.2, 0.25) is 0 Å². The van der Waals surface area contributed by atoms with Crippen LogP contribution >= 0.6 is 0 Å². The van der Waals surface area contributed by atoms with Crippen molar-refractivity contribution in [3.05, 3.63) is 41.6 Å². The van der Waals surface area contributed by atoms with Gasteiger partial charge in [-0.2, -0.15) is 0 Å². The largest absolute Gasteiger partial charge is 0.497 e. The van der Waals surface area contributed by atoms with Crippen molar-refractivity contribution in [1.29, 1.82) is 0 Å². The van der Waals surface area contributed by atoms with Gasteiger partial charge in [-0.15, -0.1) is 0 Å². The molecule has 1 aromatic rings. The minimum absolute atomic E-state index is 0.161. The summed E-state index contributed by atoms with van der Waals surface area (Å²) in [5.41, 5.74) is 7.34. The number of rotatable bonds is 4. The molecule has 102 valence electrons. The zero-order valence-electron chi connectivity index (χ0n) is 11.3. The van der Waals surface area contributed by atoms with E-state index >= 15 is 0 Å². The molecule has 0 radical (unpaired) electrons. The third-order valence-corrected chi connectivity index (χ3v) is 3.19. The lowest BCUT2D eigenvalue weighted by Crippen LogP contribution is -3.09. The van der Waals surface area contributed by atoms with Crippen LogP contribution in [0.2, 0.25) is 0 Å². The first-order chi connectivity index (χ1) is 9.19. The zero-order chi connectivity index (χ0) is 13.7. The smallest absolute Gasteiger partial charge is 0.269 e. The van der Waals surface area contributed by atoms with Gasteiger partial charge in [-0.25, -0.2) is 0 Å². The van der Waals surface area contributed by atoms with Gasteiger partial charge < -0.3 is 15.1 Å². The van der Waals surface area contributed by atoms with Crippen LogP contribution in [-0.2, 0) is 0 Å². The van der Waals surface area contributed by atoms with E-state index in [2.05, 4.69) is 24.0 Å². The Balaban J connectivity index is 1.90. The number of carbonyl (C=O) groups is 1. The average Bonchev–Trinajstić information content (AvgIpc) is 2.46. The Hall–Kier alpha value is -2.01. The van der Waals surface area contributed by atoms with E-state index in [4.69, 9.17) is 4.74 Å². The number of hydrogen-bond donors (Lipinski definition) is 3.